The van der Waals surface area contributed by atoms with E-state index in [1.165, 1.54) is 0 Å². The van der Waals surface area contributed by atoms with Gasteiger partial charge in [-0.15, -0.1) is 0 Å². The summed E-state index contributed by atoms with van der Waals surface area (Å²) < 4.78 is 11.3. The van der Waals surface area contributed by atoms with Crippen molar-refractivity contribution in [1.82, 2.24) is 9.80 Å². The van der Waals surface area contributed by atoms with Crippen molar-refractivity contribution in [3.63, 3.8) is 0 Å². The highest BCUT2D eigenvalue weighted by atomic mass is 16.5. The van der Waals surface area contributed by atoms with E-state index in [1.54, 1.807) is 0 Å². The third-order valence-electron chi connectivity index (χ3n) is 5.98. The second kappa shape index (κ2) is 10.7. The van der Waals surface area contributed by atoms with E-state index in [0.29, 0.717) is 43.5 Å². The summed E-state index contributed by atoms with van der Waals surface area (Å²) in [5.41, 5.74) is 3.72. The lowest BCUT2D eigenvalue weighted by atomic mass is 10.1. The van der Waals surface area contributed by atoms with Crippen molar-refractivity contribution in [2.24, 2.45) is 0 Å². The number of hydrogen-bond donors (Lipinski definition) is 2. The number of benzene rings is 2. The molecule has 8 nitrogen and oxygen atoms in total. The van der Waals surface area contributed by atoms with E-state index in [4.69, 9.17) is 9.47 Å². The van der Waals surface area contributed by atoms with Gasteiger partial charge in [0.15, 0.2) is 11.5 Å². The molecule has 0 atom stereocenters. The molecule has 2 aliphatic heterocycles. The topological polar surface area (TPSA) is 83.1 Å². The summed E-state index contributed by atoms with van der Waals surface area (Å²) in [6.45, 7) is 8.89. The molecule has 1 fully saturated rings. The first-order valence-electron chi connectivity index (χ1n) is 11.5. The van der Waals surface area contributed by atoms with E-state index in [-0.39, 0.29) is 11.8 Å². The van der Waals surface area contributed by atoms with Crippen LogP contribution >= 0.6 is 0 Å². The molecule has 0 aliphatic carbocycles. The lowest BCUT2D eigenvalue weighted by Gasteiger charge is -2.33. The molecule has 2 aliphatic rings. The van der Waals surface area contributed by atoms with Gasteiger partial charge in [-0.1, -0.05) is 18.2 Å². The molecule has 2 amide bonds. The van der Waals surface area contributed by atoms with Crippen LogP contribution in [0.1, 0.15) is 17.5 Å². The molecule has 2 N–H and O–H groups in total. The number of piperazine rings is 1. The number of nitrogens with zero attached hydrogens (tertiary/aromatic N) is 2. The lowest BCUT2D eigenvalue weighted by Crippen LogP contribution is -2.50. The number of ether oxygens (including phenoxy) is 2. The van der Waals surface area contributed by atoms with Gasteiger partial charge in [0.1, 0.15) is 0 Å². The summed E-state index contributed by atoms with van der Waals surface area (Å²) in [6, 6.07) is 11.5. The summed E-state index contributed by atoms with van der Waals surface area (Å²) >= 11 is 0. The summed E-state index contributed by atoms with van der Waals surface area (Å²) in [5, 5.41) is 5.99. The summed E-state index contributed by atoms with van der Waals surface area (Å²) in [4.78, 5) is 29.3. The molecule has 4 rings (SSSR count). The van der Waals surface area contributed by atoms with Gasteiger partial charge in [0.05, 0.1) is 26.3 Å². The van der Waals surface area contributed by atoms with Crippen LogP contribution in [0.2, 0.25) is 0 Å². The maximum Gasteiger partial charge on any atom is 0.238 e. The fourth-order valence-corrected chi connectivity index (χ4v) is 4.14. The molecule has 0 bridgehead atoms. The molecule has 33 heavy (non-hydrogen) atoms. The Morgan fingerprint density at radius 2 is 1.39 bits per heavy atom. The zero-order valence-electron chi connectivity index (χ0n) is 19.4. The first-order chi connectivity index (χ1) is 16.0. The smallest absolute Gasteiger partial charge is 0.238 e. The number of carbonyl (C=O) groups excluding carboxylic acids is 2. The van der Waals surface area contributed by atoms with Crippen molar-refractivity contribution in [2.75, 3.05) is 63.1 Å². The van der Waals surface area contributed by atoms with Crippen LogP contribution in [-0.2, 0) is 9.59 Å². The minimum absolute atomic E-state index is 0.00648. The number of amides is 2. The Hall–Kier alpha value is -3.10. The fraction of sp³-hybridized carbons (Fsp3) is 0.440. The van der Waals surface area contributed by atoms with E-state index in [9.17, 15) is 9.59 Å². The van der Waals surface area contributed by atoms with Crippen molar-refractivity contribution in [2.45, 2.75) is 20.3 Å². The molecule has 0 saturated carbocycles. The van der Waals surface area contributed by atoms with Gasteiger partial charge >= 0.3 is 0 Å². The fourth-order valence-electron chi connectivity index (χ4n) is 4.14. The molecule has 0 unspecified atom stereocenters. The van der Waals surface area contributed by atoms with Gasteiger partial charge in [-0.2, -0.15) is 0 Å². The van der Waals surface area contributed by atoms with Crippen LogP contribution in [0, 0.1) is 13.8 Å². The van der Waals surface area contributed by atoms with Crippen LogP contribution in [0.4, 0.5) is 11.4 Å². The predicted molar refractivity (Wildman–Crippen MR) is 128 cm³/mol. The second-order valence-electron chi connectivity index (χ2n) is 8.63. The van der Waals surface area contributed by atoms with Gasteiger partial charge in [-0.05, 0) is 37.1 Å². The molecule has 8 heteroatoms. The highest BCUT2D eigenvalue weighted by Crippen LogP contribution is 2.32. The minimum atomic E-state index is -0.0642. The molecule has 176 valence electrons. The molecule has 2 aromatic rings. The first-order valence-corrected chi connectivity index (χ1v) is 11.5. The van der Waals surface area contributed by atoms with Gasteiger partial charge < -0.3 is 20.1 Å². The Labute approximate surface area is 194 Å². The number of fused-ring (bicyclic) bond motifs is 1. The van der Waals surface area contributed by atoms with E-state index < -0.39 is 0 Å². The van der Waals surface area contributed by atoms with Gasteiger partial charge in [0.25, 0.3) is 0 Å². The molecule has 0 spiro atoms. The Morgan fingerprint density at radius 3 is 2.03 bits per heavy atom. The number of para-hydroxylation sites is 1. The largest absolute Gasteiger partial charge is 0.490 e. The number of aryl methyl sites for hydroxylation is 2. The van der Waals surface area contributed by atoms with Crippen LogP contribution in [-0.4, -0.2) is 74.1 Å². The molecule has 2 heterocycles. The van der Waals surface area contributed by atoms with Gasteiger partial charge in [0, 0.05) is 50.0 Å². The Balaban J connectivity index is 1.21. The Morgan fingerprint density at radius 1 is 0.818 bits per heavy atom. The minimum Gasteiger partial charge on any atom is -0.490 e. The third-order valence-corrected chi connectivity index (χ3v) is 5.98. The van der Waals surface area contributed by atoms with E-state index in [2.05, 4.69) is 20.4 Å². The number of carbonyl (C=O) groups is 2. The van der Waals surface area contributed by atoms with Crippen molar-refractivity contribution in [3.8, 4) is 11.5 Å². The average molecular weight is 453 g/mol. The molecular formula is C25H32N4O4. The number of rotatable bonds is 6. The SMILES string of the molecule is Cc1cccc(C)c1NC(=O)CN1CCN(CC(=O)Nc2ccc3c(c2)OCCCO3)CC1. The quantitative estimate of drug-likeness (QED) is 0.701. The van der Waals surface area contributed by atoms with Crippen LogP contribution < -0.4 is 20.1 Å². The number of hydrogen-bond acceptors (Lipinski definition) is 6. The number of nitrogens with one attached hydrogen (secondary N) is 2. The van der Waals surface area contributed by atoms with Crippen LogP contribution in [0.25, 0.3) is 0 Å². The van der Waals surface area contributed by atoms with Crippen molar-refractivity contribution >= 4 is 23.2 Å². The Kier molecular flexibility index (Phi) is 7.47. The van der Waals surface area contributed by atoms with E-state index in [0.717, 1.165) is 49.4 Å². The standard InChI is InChI=1S/C25H32N4O4/c1-18-5-3-6-19(2)25(18)27-24(31)17-29-11-9-28(10-12-29)16-23(30)26-20-7-8-21-22(15-20)33-14-4-13-32-21/h3,5-8,15H,4,9-14,16-17H2,1-2H3,(H,26,30)(H,27,31). The lowest BCUT2D eigenvalue weighted by molar-refractivity contribution is -0.120. The van der Waals surface area contributed by atoms with Crippen molar-refractivity contribution in [3.05, 3.63) is 47.5 Å². The van der Waals surface area contributed by atoms with Crippen LogP contribution in [0.3, 0.4) is 0 Å². The van der Waals surface area contributed by atoms with Crippen molar-refractivity contribution < 1.29 is 19.1 Å². The monoisotopic (exact) mass is 452 g/mol. The van der Waals surface area contributed by atoms with Crippen molar-refractivity contribution in [1.29, 1.82) is 0 Å². The zero-order valence-corrected chi connectivity index (χ0v) is 19.4. The average Bonchev–Trinajstić information content (AvgIpc) is 3.03. The maximum atomic E-state index is 12.5. The highest BCUT2D eigenvalue weighted by Gasteiger charge is 2.21. The highest BCUT2D eigenvalue weighted by molar-refractivity contribution is 5.94. The van der Waals surface area contributed by atoms with Crippen LogP contribution in [0.5, 0.6) is 11.5 Å². The normalized spacial score (nSPS) is 16.7. The van der Waals surface area contributed by atoms with E-state index in [1.807, 2.05) is 50.2 Å². The zero-order chi connectivity index (χ0) is 23.2. The molecule has 0 radical (unpaired) electrons. The van der Waals surface area contributed by atoms with Gasteiger partial charge in [-0.3, -0.25) is 19.4 Å². The Bertz CT molecular complexity index is 982. The summed E-state index contributed by atoms with van der Waals surface area (Å²) in [6.07, 6.45) is 0.843. The summed E-state index contributed by atoms with van der Waals surface area (Å²) in [5.74, 6) is 1.31. The molecule has 2 aromatic carbocycles. The number of anilines is 2. The third kappa shape index (κ3) is 6.24. The molecule has 0 aromatic heterocycles. The predicted octanol–water partition coefficient (Wildman–Crippen LogP) is 2.66. The molecular weight excluding hydrogens is 420 g/mol. The van der Waals surface area contributed by atoms with Crippen LogP contribution in [0.15, 0.2) is 36.4 Å². The van der Waals surface area contributed by atoms with Gasteiger partial charge in [0.2, 0.25) is 11.8 Å². The van der Waals surface area contributed by atoms with Gasteiger partial charge in [-0.25, -0.2) is 0 Å². The molecule has 1 saturated heterocycles. The second-order valence-corrected chi connectivity index (χ2v) is 8.63. The first kappa shape index (κ1) is 23.1. The maximum absolute atomic E-state index is 12.5. The summed E-state index contributed by atoms with van der Waals surface area (Å²) in [7, 11) is 0. The van der Waals surface area contributed by atoms with E-state index >= 15 is 0 Å².